The molecule has 21 heavy (non-hydrogen) atoms. The summed E-state index contributed by atoms with van der Waals surface area (Å²) < 4.78 is 0. The first kappa shape index (κ1) is 14.4. The van der Waals surface area contributed by atoms with Gasteiger partial charge in [0, 0.05) is 28.7 Å². The summed E-state index contributed by atoms with van der Waals surface area (Å²) in [5, 5.41) is 9.64. The minimum absolute atomic E-state index is 0.785. The van der Waals surface area contributed by atoms with Gasteiger partial charge in [-0.2, -0.15) is 5.10 Å². The van der Waals surface area contributed by atoms with E-state index in [0.717, 1.165) is 31.2 Å². The number of thiophene rings is 1. The third-order valence-corrected chi connectivity index (χ3v) is 4.89. The molecule has 1 saturated heterocycles. The first-order chi connectivity index (χ1) is 10.2. The highest BCUT2D eigenvalue weighted by molar-refractivity contribution is 7.11. The number of hydrogen-bond acceptors (Lipinski definition) is 4. The second kappa shape index (κ2) is 6.50. The zero-order valence-electron chi connectivity index (χ0n) is 12.0. The van der Waals surface area contributed by atoms with Crippen LogP contribution in [0.5, 0.6) is 0 Å². The molecule has 1 aromatic heterocycles. The molecule has 0 spiro atoms. The number of hydrogen-bond donors (Lipinski definition) is 0. The summed E-state index contributed by atoms with van der Waals surface area (Å²) in [5.74, 6) is 0. The van der Waals surface area contributed by atoms with Gasteiger partial charge in [0.05, 0.1) is 19.3 Å². The van der Waals surface area contributed by atoms with Crippen molar-refractivity contribution in [1.29, 1.82) is 0 Å². The first-order valence-electron chi connectivity index (χ1n) is 7.06. The van der Waals surface area contributed by atoms with Crippen LogP contribution in [0, 0.1) is 6.92 Å². The summed E-state index contributed by atoms with van der Waals surface area (Å²) in [4.78, 5) is 3.62. The van der Waals surface area contributed by atoms with Gasteiger partial charge in [0.2, 0.25) is 0 Å². The zero-order chi connectivity index (χ0) is 14.7. The van der Waals surface area contributed by atoms with Crippen molar-refractivity contribution in [3.63, 3.8) is 0 Å². The summed E-state index contributed by atoms with van der Waals surface area (Å²) in [7, 11) is 0. The summed E-state index contributed by atoms with van der Waals surface area (Å²) in [6.45, 7) is 5.99. The van der Waals surface area contributed by atoms with Gasteiger partial charge in [-0.1, -0.05) is 11.6 Å². The van der Waals surface area contributed by atoms with E-state index in [0.29, 0.717) is 0 Å². The predicted octanol–water partition coefficient (Wildman–Crippen LogP) is 3.87. The van der Waals surface area contributed by atoms with Crippen molar-refractivity contribution < 1.29 is 0 Å². The van der Waals surface area contributed by atoms with Crippen LogP contribution >= 0.6 is 22.9 Å². The van der Waals surface area contributed by atoms with Crippen molar-refractivity contribution in [2.24, 2.45) is 5.10 Å². The Labute approximate surface area is 134 Å². The van der Waals surface area contributed by atoms with Crippen LogP contribution in [-0.4, -0.2) is 37.4 Å². The molecule has 0 radical (unpaired) electrons. The van der Waals surface area contributed by atoms with Crippen molar-refractivity contribution in [3.8, 4) is 0 Å². The Morgan fingerprint density at radius 1 is 1.10 bits per heavy atom. The first-order valence-corrected chi connectivity index (χ1v) is 8.32. The van der Waals surface area contributed by atoms with Gasteiger partial charge in [0.25, 0.3) is 0 Å². The lowest BCUT2D eigenvalue weighted by Gasteiger charge is -2.34. The Balaban J connectivity index is 1.56. The molecular weight excluding hydrogens is 302 g/mol. The van der Waals surface area contributed by atoms with Gasteiger partial charge < -0.3 is 4.90 Å². The van der Waals surface area contributed by atoms with E-state index >= 15 is 0 Å². The van der Waals surface area contributed by atoms with Crippen LogP contribution in [0.1, 0.15) is 10.4 Å². The Hall–Kier alpha value is -1.52. The molecule has 1 fully saturated rings. The highest BCUT2D eigenvalue weighted by Crippen LogP contribution is 2.19. The van der Waals surface area contributed by atoms with E-state index in [1.165, 1.54) is 16.1 Å². The third-order valence-electron chi connectivity index (χ3n) is 3.69. The number of hydrazone groups is 1. The quantitative estimate of drug-likeness (QED) is 0.800. The topological polar surface area (TPSA) is 18.8 Å². The molecule has 2 aromatic rings. The fraction of sp³-hybridized carbons (Fsp3) is 0.312. The molecule has 1 aromatic carbocycles. The highest BCUT2D eigenvalue weighted by atomic mass is 35.5. The fourth-order valence-electron chi connectivity index (χ4n) is 2.37. The van der Waals surface area contributed by atoms with Crippen LogP contribution < -0.4 is 4.90 Å². The van der Waals surface area contributed by atoms with Gasteiger partial charge >= 0.3 is 0 Å². The van der Waals surface area contributed by atoms with Crippen LogP contribution in [0.15, 0.2) is 40.8 Å². The maximum atomic E-state index is 5.93. The van der Waals surface area contributed by atoms with E-state index in [4.69, 9.17) is 11.6 Å². The van der Waals surface area contributed by atoms with E-state index in [2.05, 4.69) is 45.5 Å². The maximum Gasteiger partial charge on any atom is 0.0645 e. The molecule has 0 saturated carbocycles. The number of rotatable bonds is 3. The zero-order valence-corrected chi connectivity index (χ0v) is 13.6. The van der Waals surface area contributed by atoms with Crippen molar-refractivity contribution in [2.75, 3.05) is 31.1 Å². The minimum Gasteiger partial charge on any atom is -0.368 e. The number of benzene rings is 1. The number of anilines is 1. The standard InChI is InChI=1S/C16H18ClN3S/c1-13-6-11-21-16(13)12-18-20-9-7-19(8-10-20)15-4-2-14(17)3-5-15/h2-6,11-12H,7-10H2,1H3/b18-12+. The Morgan fingerprint density at radius 2 is 1.81 bits per heavy atom. The molecule has 3 rings (SSSR count). The van der Waals surface area contributed by atoms with Crippen LogP contribution in [-0.2, 0) is 0 Å². The van der Waals surface area contributed by atoms with Gasteiger partial charge in [-0.3, -0.25) is 5.01 Å². The lowest BCUT2D eigenvalue weighted by atomic mass is 10.2. The monoisotopic (exact) mass is 319 g/mol. The van der Waals surface area contributed by atoms with Crippen LogP contribution in [0.2, 0.25) is 5.02 Å². The molecule has 1 aliphatic rings. The lowest BCUT2D eigenvalue weighted by molar-refractivity contribution is 0.272. The third kappa shape index (κ3) is 3.57. The van der Waals surface area contributed by atoms with E-state index < -0.39 is 0 Å². The van der Waals surface area contributed by atoms with Crippen molar-refractivity contribution >= 4 is 34.8 Å². The molecule has 110 valence electrons. The Kier molecular flexibility index (Phi) is 4.46. The minimum atomic E-state index is 0.785. The summed E-state index contributed by atoms with van der Waals surface area (Å²) in [6, 6.07) is 10.2. The maximum absolute atomic E-state index is 5.93. The molecule has 1 aliphatic heterocycles. The largest absolute Gasteiger partial charge is 0.368 e. The average molecular weight is 320 g/mol. The van der Waals surface area contributed by atoms with Crippen LogP contribution in [0.25, 0.3) is 0 Å². The van der Waals surface area contributed by atoms with E-state index in [1.54, 1.807) is 11.3 Å². The Morgan fingerprint density at radius 3 is 2.43 bits per heavy atom. The van der Waals surface area contributed by atoms with Gasteiger partial charge in [-0.05, 0) is 48.2 Å². The summed E-state index contributed by atoms with van der Waals surface area (Å²) >= 11 is 7.67. The van der Waals surface area contributed by atoms with E-state index in [1.807, 2.05) is 18.3 Å². The van der Waals surface area contributed by atoms with E-state index in [-0.39, 0.29) is 0 Å². The van der Waals surface area contributed by atoms with Crippen LogP contribution in [0.4, 0.5) is 5.69 Å². The molecule has 2 heterocycles. The molecule has 0 atom stereocenters. The summed E-state index contributed by atoms with van der Waals surface area (Å²) in [5.41, 5.74) is 2.53. The molecule has 0 N–H and O–H groups in total. The second-order valence-corrected chi connectivity index (χ2v) is 6.51. The number of nitrogens with zero attached hydrogens (tertiary/aromatic N) is 3. The number of halogens is 1. The molecule has 0 amide bonds. The molecule has 5 heteroatoms. The SMILES string of the molecule is Cc1ccsc1/C=N/N1CCN(c2ccc(Cl)cc2)CC1. The van der Waals surface area contributed by atoms with Gasteiger partial charge in [0.1, 0.15) is 0 Å². The normalized spacial score (nSPS) is 15.9. The van der Waals surface area contributed by atoms with Crippen LogP contribution in [0.3, 0.4) is 0 Å². The van der Waals surface area contributed by atoms with Crippen molar-refractivity contribution in [3.05, 3.63) is 51.2 Å². The van der Waals surface area contributed by atoms with Gasteiger partial charge in [0.15, 0.2) is 0 Å². The smallest absolute Gasteiger partial charge is 0.0645 e. The molecular formula is C16H18ClN3S. The highest BCUT2D eigenvalue weighted by Gasteiger charge is 2.15. The number of piperazine rings is 1. The van der Waals surface area contributed by atoms with Crippen molar-refractivity contribution in [2.45, 2.75) is 6.92 Å². The summed E-state index contributed by atoms with van der Waals surface area (Å²) in [6.07, 6.45) is 1.98. The van der Waals surface area contributed by atoms with Crippen molar-refractivity contribution in [1.82, 2.24) is 5.01 Å². The van der Waals surface area contributed by atoms with Gasteiger partial charge in [-0.25, -0.2) is 0 Å². The fourth-order valence-corrected chi connectivity index (χ4v) is 3.28. The van der Waals surface area contributed by atoms with E-state index in [9.17, 15) is 0 Å². The molecule has 0 unspecified atom stereocenters. The molecule has 3 nitrogen and oxygen atoms in total. The van der Waals surface area contributed by atoms with Gasteiger partial charge in [-0.15, -0.1) is 11.3 Å². The molecule has 0 aliphatic carbocycles. The predicted molar refractivity (Wildman–Crippen MR) is 91.9 cm³/mol. The second-order valence-electron chi connectivity index (χ2n) is 5.13. The molecule has 0 bridgehead atoms. The average Bonchev–Trinajstić information content (AvgIpc) is 2.92. The number of aryl methyl sites for hydroxylation is 1. The lowest BCUT2D eigenvalue weighted by Crippen LogP contribution is -2.44. The Bertz CT molecular complexity index is 613.